The van der Waals surface area contributed by atoms with Crippen molar-refractivity contribution >= 4 is 21.0 Å². The van der Waals surface area contributed by atoms with Crippen LogP contribution in [0.3, 0.4) is 0 Å². The zero-order chi connectivity index (χ0) is 18.9. The maximum atomic E-state index is 12.8. The predicted octanol–water partition coefficient (Wildman–Crippen LogP) is 4.50. The van der Waals surface area contributed by atoms with Gasteiger partial charge >= 0.3 is 15.2 Å². The van der Waals surface area contributed by atoms with Crippen molar-refractivity contribution in [3.63, 3.8) is 0 Å². The summed E-state index contributed by atoms with van der Waals surface area (Å²) >= 11 is 0. The molecule has 0 aromatic rings. The van der Waals surface area contributed by atoms with Crippen molar-refractivity contribution in [2.45, 2.75) is 47.0 Å². The fraction of sp³-hybridized carbons (Fsp3) is 0.938. The van der Waals surface area contributed by atoms with Crippen molar-refractivity contribution in [3.05, 3.63) is 0 Å². The van der Waals surface area contributed by atoms with Gasteiger partial charge in [0.25, 0.3) is 0 Å². The van der Waals surface area contributed by atoms with Crippen LogP contribution in [0.25, 0.3) is 0 Å². The van der Waals surface area contributed by atoms with Crippen LogP contribution in [0.1, 0.15) is 47.0 Å². The number of rotatable bonds is 12. The summed E-state index contributed by atoms with van der Waals surface area (Å²) in [5.41, 5.74) is 0. The molecule has 2 atom stereocenters. The molecule has 25 heavy (non-hydrogen) atoms. The summed E-state index contributed by atoms with van der Waals surface area (Å²) < 4.78 is 46.7. The lowest BCUT2D eigenvalue weighted by atomic mass is 9.82. The number of hydrogen-bond acceptors (Lipinski definition) is 7. The summed E-state index contributed by atoms with van der Waals surface area (Å²) in [5, 5.41) is 0. The second-order valence-electron chi connectivity index (χ2n) is 5.99. The molecule has 2 unspecified atom stereocenters. The molecule has 7 nitrogen and oxygen atoms in total. The van der Waals surface area contributed by atoms with Gasteiger partial charge in [0.05, 0.1) is 38.8 Å². The van der Waals surface area contributed by atoms with Gasteiger partial charge in [-0.25, -0.2) is 0 Å². The molecular formula is C16H32O7P2. The molecule has 1 aliphatic carbocycles. The van der Waals surface area contributed by atoms with Crippen molar-refractivity contribution < 1.29 is 32.0 Å². The van der Waals surface area contributed by atoms with Crippen molar-refractivity contribution in [1.82, 2.24) is 0 Å². The van der Waals surface area contributed by atoms with Crippen LogP contribution in [-0.2, 0) is 32.0 Å². The van der Waals surface area contributed by atoms with Crippen molar-refractivity contribution in [2.24, 2.45) is 11.8 Å². The Kier molecular flexibility index (Phi) is 10.1. The highest BCUT2D eigenvalue weighted by Crippen LogP contribution is 2.54. The average molecular weight is 398 g/mol. The van der Waals surface area contributed by atoms with Gasteiger partial charge in [-0.3, -0.25) is 13.9 Å². The minimum absolute atomic E-state index is 0.0366. The van der Waals surface area contributed by atoms with E-state index < -0.39 is 27.0 Å². The summed E-state index contributed by atoms with van der Waals surface area (Å²) in [5.74, 6) is -0.843. The van der Waals surface area contributed by atoms with Gasteiger partial charge in [0.2, 0.25) is 0 Å². The Morgan fingerprint density at radius 2 is 1.08 bits per heavy atom. The molecule has 0 heterocycles. The summed E-state index contributed by atoms with van der Waals surface area (Å²) in [6.07, 6.45) is 2.26. The summed E-state index contributed by atoms with van der Waals surface area (Å²) in [7, 11) is -6.56. The number of ketones is 1. The highest BCUT2D eigenvalue weighted by atomic mass is 31.2. The first-order valence-corrected chi connectivity index (χ1v) is 12.6. The van der Waals surface area contributed by atoms with Crippen LogP contribution in [0.4, 0.5) is 0 Å². The maximum absolute atomic E-state index is 12.8. The van der Waals surface area contributed by atoms with E-state index in [-0.39, 0.29) is 44.5 Å². The largest absolute Gasteiger partial charge is 0.331 e. The molecule has 0 aliphatic heterocycles. The SMILES string of the molecule is CCOP(=O)(CC1CCCC(CP(=O)(OCC)OCC)C1=O)OCC. The van der Waals surface area contributed by atoms with E-state index in [4.69, 9.17) is 18.1 Å². The highest BCUT2D eigenvalue weighted by Gasteiger charge is 2.41. The van der Waals surface area contributed by atoms with Gasteiger partial charge in [0.1, 0.15) is 5.78 Å². The molecule has 148 valence electrons. The van der Waals surface area contributed by atoms with Crippen LogP contribution < -0.4 is 0 Å². The Bertz CT molecular complexity index is 447. The first-order chi connectivity index (χ1) is 11.8. The van der Waals surface area contributed by atoms with Gasteiger partial charge in [-0.2, -0.15) is 0 Å². The van der Waals surface area contributed by atoms with Crippen molar-refractivity contribution in [2.75, 3.05) is 38.8 Å². The maximum Gasteiger partial charge on any atom is 0.331 e. The summed E-state index contributed by atoms with van der Waals surface area (Å²) in [4.78, 5) is 12.8. The fourth-order valence-electron chi connectivity index (χ4n) is 3.20. The molecule has 9 heteroatoms. The molecule has 0 bridgehead atoms. The normalized spacial score (nSPS) is 22.3. The van der Waals surface area contributed by atoms with Crippen LogP contribution in [0, 0.1) is 11.8 Å². The number of Topliss-reactive ketones (excluding diaryl/α,β-unsaturated/α-hetero) is 1. The van der Waals surface area contributed by atoms with E-state index >= 15 is 0 Å². The quantitative estimate of drug-likeness (QED) is 0.447. The molecule has 0 aromatic carbocycles. The second kappa shape index (κ2) is 11.0. The van der Waals surface area contributed by atoms with Crippen LogP contribution >= 0.6 is 15.2 Å². The molecule has 1 fully saturated rings. The molecular weight excluding hydrogens is 366 g/mol. The number of carbonyl (C=O) groups is 1. The minimum atomic E-state index is -3.28. The van der Waals surface area contributed by atoms with E-state index in [9.17, 15) is 13.9 Å². The first kappa shape index (κ1) is 23.0. The number of hydrogen-bond donors (Lipinski definition) is 0. The van der Waals surface area contributed by atoms with Crippen molar-refractivity contribution in [1.29, 1.82) is 0 Å². The van der Waals surface area contributed by atoms with Gasteiger partial charge < -0.3 is 18.1 Å². The highest BCUT2D eigenvalue weighted by molar-refractivity contribution is 7.54. The van der Waals surface area contributed by atoms with E-state index in [1.165, 1.54) is 0 Å². The van der Waals surface area contributed by atoms with Crippen molar-refractivity contribution in [3.8, 4) is 0 Å². The van der Waals surface area contributed by atoms with Crippen LogP contribution in [0.15, 0.2) is 0 Å². The Morgan fingerprint density at radius 3 is 1.36 bits per heavy atom. The lowest BCUT2D eigenvalue weighted by molar-refractivity contribution is -0.127. The Hall–Kier alpha value is -0.0300. The third kappa shape index (κ3) is 7.24. The molecule has 1 saturated carbocycles. The van der Waals surface area contributed by atoms with Gasteiger partial charge in [0, 0.05) is 11.8 Å². The van der Waals surface area contributed by atoms with E-state index in [0.29, 0.717) is 12.8 Å². The van der Waals surface area contributed by atoms with E-state index in [1.54, 1.807) is 27.7 Å². The monoisotopic (exact) mass is 398 g/mol. The fourth-order valence-corrected chi connectivity index (χ4v) is 7.15. The molecule has 0 aromatic heterocycles. The zero-order valence-corrected chi connectivity index (χ0v) is 17.6. The molecule has 0 radical (unpaired) electrons. The third-order valence-electron chi connectivity index (χ3n) is 4.10. The Labute approximate surface area is 151 Å². The summed E-state index contributed by atoms with van der Waals surface area (Å²) in [6.45, 7) is 8.07. The smallest absolute Gasteiger partial charge is 0.309 e. The van der Waals surface area contributed by atoms with Crippen LogP contribution in [-0.4, -0.2) is 44.5 Å². The van der Waals surface area contributed by atoms with Gasteiger partial charge in [-0.05, 0) is 40.5 Å². The van der Waals surface area contributed by atoms with Gasteiger partial charge in [-0.15, -0.1) is 0 Å². The second-order valence-corrected chi connectivity index (χ2v) is 10.2. The van der Waals surface area contributed by atoms with E-state index in [0.717, 1.165) is 6.42 Å². The minimum Gasteiger partial charge on any atom is -0.309 e. The Morgan fingerprint density at radius 1 is 0.760 bits per heavy atom. The molecule has 0 spiro atoms. The molecule has 0 saturated heterocycles. The average Bonchev–Trinajstić information content (AvgIpc) is 2.52. The molecule has 0 amide bonds. The predicted molar refractivity (Wildman–Crippen MR) is 97.3 cm³/mol. The van der Waals surface area contributed by atoms with Gasteiger partial charge in [-0.1, -0.05) is 6.42 Å². The lowest BCUT2D eigenvalue weighted by Crippen LogP contribution is -2.33. The van der Waals surface area contributed by atoms with Crippen LogP contribution in [0.2, 0.25) is 0 Å². The summed E-state index contributed by atoms with van der Waals surface area (Å²) in [6, 6.07) is 0. The third-order valence-corrected chi connectivity index (χ3v) is 8.48. The topological polar surface area (TPSA) is 88.1 Å². The molecule has 1 rings (SSSR count). The molecule has 1 aliphatic rings. The van der Waals surface area contributed by atoms with Gasteiger partial charge in [0.15, 0.2) is 0 Å². The van der Waals surface area contributed by atoms with E-state index in [2.05, 4.69) is 0 Å². The zero-order valence-electron chi connectivity index (χ0n) is 15.8. The first-order valence-electron chi connectivity index (χ1n) is 9.13. The molecule has 0 N–H and O–H groups in total. The lowest BCUT2D eigenvalue weighted by Gasteiger charge is -2.31. The van der Waals surface area contributed by atoms with E-state index in [1.807, 2.05) is 0 Å². The standard InChI is InChI=1S/C16H32O7P2/c1-5-20-24(18,21-6-2)12-14-10-9-11-15(16(14)17)13-25(19,22-7-3)23-8-4/h14-15H,5-13H2,1-4H3. The van der Waals surface area contributed by atoms with Crippen LogP contribution in [0.5, 0.6) is 0 Å². The Balaban J connectivity index is 2.82. The number of carbonyl (C=O) groups excluding carboxylic acids is 1.